The minimum absolute atomic E-state index is 1.35. The van der Waals surface area contributed by atoms with E-state index < -0.39 is 0 Å². The van der Waals surface area contributed by atoms with Crippen LogP contribution in [0.2, 0.25) is 0 Å². The van der Waals surface area contributed by atoms with E-state index >= 15 is 0 Å². The molecule has 86 valence electrons. The quantitative estimate of drug-likeness (QED) is 0.360. The summed E-state index contributed by atoms with van der Waals surface area (Å²) in [6, 6.07) is 17.8. The van der Waals surface area contributed by atoms with Gasteiger partial charge in [0.25, 0.3) is 0 Å². The maximum Gasteiger partial charge on any atom is 0.0349 e. The molecule has 0 atom stereocenters. The summed E-state index contributed by atoms with van der Waals surface area (Å²) >= 11 is 1.81. The zero-order valence-corrected chi connectivity index (χ0v) is 10.9. The van der Waals surface area contributed by atoms with Crippen molar-refractivity contribution in [1.29, 1.82) is 0 Å². The van der Waals surface area contributed by atoms with Crippen molar-refractivity contribution in [2.75, 3.05) is 0 Å². The van der Waals surface area contributed by atoms with Gasteiger partial charge in [0.05, 0.1) is 0 Å². The van der Waals surface area contributed by atoms with Crippen molar-refractivity contribution >= 4 is 43.0 Å². The normalized spacial score (nSPS) is 11.6. The molecule has 0 fully saturated rings. The molecular weight excluding hydrogens is 236 g/mol. The summed E-state index contributed by atoms with van der Waals surface area (Å²) in [5.41, 5.74) is 1.36. The summed E-state index contributed by atoms with van der Waals surface area (Å²) in [6.45, 7) is 2.19. The number of hydrogen-bond acceptors (Lipinski definition) is 1. The molecule has 1 aromatic heterocycles. The van der Waals surface area contributed by atoms with Gasteiger partial charge in [0.2, 0.25) is 0 Å². The van der Waals surface area contributed by atoms with Crippen molar-refractivity contribution < 1.29 is 0 Å². The monoisotopic (exact) mass is 248 g/mol. The zero-order chi connectivity index (χ0) is 12.1. The van der Waals surface area contributed by atoms with Crippen molar-refractivity contribution in [3.05, 3.63) is 59.5 Å². The Kier molecular flexibility index (Phi) is 2.00. The highest BCUT2D eigenvalue weighted by Crippen LogP contribution is 2.33. The van der Waals surface area contributed by atoms with Gasteiger partial charge in [0.15, 0.2) is 0 Å². The summed E-state index contributed by atoms with van der Waals surface area (Å²) in [7, 11) is 0. The van der Waals surface area contributed by atoms with Crippen molar-refractivity contribution in [1.82, 2.24) is 0 Å². The molecule has 0 aliphatic heterocycles. The Morgan fingerprint density at radius 2 is 1.61 bits per heavy atom. The summed E-state index contributed by atoms with van der Waals surface area (Å²) < 4.78 is 1.37. The molecular formula is C17H12S. The van der Waals surface area contributed by atoms with Gasteiger partial charge in [-0.15, -0.1) is 11.3 Å². The summed E-state index contributed by atoms with van der Waals surface area (Å²) in [5, 5.41) is 8.95. The van der Waals surface area contributed by atoms with Crippen LogP contribution in [0.25, 0.3) is 31.6 Å². The SMILES string of the molecule is Cc1cc2cc3sccc3cc2c2ccccc12. The highest BCUT2D eigenvalue weighted by molar-refractivity contribution is 7.17. The average molecular weight is 248 g/mol. The van der Waals surface area contributed by atoms with Gasteiger partial charge in [-0.3, -0.25) is 0 Å². The Labute approximate surface area is 109 Å². The van der Waals surface area contributed by atoms with Crippen LogP contribution in [0, 0.1) is 6.92 Å². The molecule has 0 spiro atoms. The predicted octanol–water partition coefficient (Wildman–Crippen LogP) is 5.52. The van der Waals surface area contributed by atoms with Crippen LogP contribution in [0.15, 0.2) is 53.9 Å². The van der Waals surface area contributed by atoms with E-state index in [1.54, 1.807) is 0 Å². The lowest BCUT2D eigenvalue weighted by Gasteiger charge is -2.07. The topological polar surface area (TPSA) is 0 Å². The fourth-order valence-electron chi connectivity index (χ4n) is 2.75. The molecule has 18 heavy (non-hydrogen) atoms. The third-order valence-electron chi connectivity index (χ3n) is 3.64. The molecule has 0 N–H and O–H groups in total. The van der Waals surface area contributed by atoms with E-state index in [1.165, 1.54) is 37.2 Å². The van der Waals surface area contributed by atoms with Gasteiger partial charge in [-0.25, -0.2) is 0 Å². The number of aryl methyl sites for hydroxylation is 1. The molecule has 0 radical (unpaired) electrons. The van der Waals surface area contributed by atoms with E-state index in [9.17, 15) is 0 Å². The third kappa shape index (κ3) is 1.31. The van der Waals surface area contributed by atoms with Gasteiger partial charge in [0.1, 0.15) is 0 Å². The number of fused-ring (bicyclic) bond motifs is 4. The second-order valence-corrected chi connectivity index (χ2v) is 5.72. The van der Waals surface area contributed by atoms with Crippen LogP contribution in [-0.2, 0) is 0 Å². The third-order valence-corrected chi connectivity index (χ3v) is 4.52. The molecule has 0 saturated heterocycles. The molecule has 1 heterocycles. The molecule has 0 unspecified atom stereocenters. The molecule has 1 heteroatoms. The number of hydrogen-bond donors (Lipinski definition) is 0. The number of thiophene rings is 1. The van der Waals surface area contributed by atoms with Crippen LogP contribution < -0.4 is 0 Å². The van der Waals surface area contributed by atoms with Gasteiger partial charge in [0, 0.05) is 4.70 Å². The molecule has 0 bridgehead atoms. The van der Waals surface area contributed by atoms with Crippen molar-refractivity contribution in [3.63, 3.8) is 0 Å². The molecule has 4 aromatic rings. The smallest absolute Gasteiger partial charge is 0.0349 e. The first-order chi connectivity index (χ1) is 8.83. The molecule has 0 nitrogen and oxygen atoms in total. The Balaban J connectivity index is 2.32. The van der Waals surface area contributed by atoms with Crippen LogP contribution in [0.5, 0.6) is 0 Å². The Morgan fingerprint density at radius 1 is 0.778 bits per heavy atom. The lowest BCUT2D eigenvalue weighted by Crippen LogP contribution is -1.81. The van der Waals surface area contributed by atoms with Gasteiger partial charge in [-0.05, 0) is 63.0 Å². The Hall–Kier alpha value is -1.86. The Morgan fingerprint density at radius 3 is 2.50 bits per heavy atom. The number of benzene rings is 3. The van der Waals surface area contributed by atoms with Crippen LogP contribution >= 0.6 is 11.3 Å². The molecule has 0 aliphatic carbocycles. The number of rotatable bonds is 0. The van der Waals surface area contributed by atoms with E-state index in [1.807, 2.05) is 11.3 Å². The van der Waals surface area contributed by atoms with Gasteiger partial charge < -0.3 is 0 Å². The van der Waals surface area contributed by atoms with Gasteiger partial charge in [-0.2, -0.15) is 0 Å². The molecule has 0 aliphatic rings. The highest BCUT2D eigenvalue weighted by atomic mass is 32.1. The predicted molar refractivity (Wildman–Crippen MR) is 81.6 cm³/mol. The summed E-state index contributed by atoms with van der Waals surface area (Å²) in [6.07, 6.45) is 0. The largest absolute Gasteiger partial charge is 0.144 e. The van der Waals surface area contributed by atoms with Gasteiger partial charge in [-0.1, -0.05) is 30.3 Å². The van der Waals surface area contributed by atoms with Crippen molar-refractivity contribution in [3.8, 4) is 0 Å². The second-order valence-electron chi connectivity index (χ2n) is 4.77. The van der Waals surface area contributed by atoms with E-state index in [0.717, 1.165) is 0 Å². The van der Waals surface area contributed by atoms with Gasteiger partial charge >= 0.3 is 0 Å². The first-order valence-corrected chi connectivity index (χ1v) is 7.00. The lowest BCUT2D eigenvalue weighted by atomic mass is 9.97. The minimum Gasteiger partial charge on any atom is -0.144 e. The maximum absolute atomic E-state index is 2.32. The summed E-state index contributed by atoms with van der Waals surface area (Å²) in [5.74, 6) is 0. The fraction of sp³-hybridized carbons (Fsp3) is 0.0588. The van der Waals surface area contributed by atoms with Crippen LogP contribution in [0.1, 0.15) is 5.56 Å². The molecule has 4 rings (SSSR count). The van der Waals surface area contributed by atoms with Crippen molar-refractivity contribution in [2.45, 2.75) is 6.92 Å². The van der Waals surface area contributed by atoms with E-state index in [2.05, 4.69) is 60.8 Å². The molecule has 0 saturated carbocycles. The van der Waals surface area contributed by atoms with Crippen LogP contribution in [0.3, 0.4) is 0 Å². The minimum atomic E-state index is 1.35. The second kappa shape index (κ2) is 3.56. The first kappa shape index (κ1) is 10.1. The zero-order valence-electron chi connectivity index (χ0n) is 10.1. The molecule has 3 aromatic carbocycles. The highest BCUT2D eigenvalue weighted by Gasteiger charge is 2.05. The van der Waals surface area contributed by atoms with Crippen LogP contribution in [0.4, 0.5) is 0 Å². The lowest BCUT2D eigenvalue weighted by molar-refractivity contribution is 1.56. The van der Waals surface area contributed by atoms with Crippen LogP contribution in [-0.4, -0.2) is 0 Å². The summed E-state index contributed by atoms with van der Waals surface area (Å²) in [4.78, 5) is 0. The standard InChI is InChI=1S/C17H12S/c1-11-8-13-10-17-12(6-7-18-17)9-16(13)15-5-3-2-4-14(11)15/h2-10H,1H3. The first-order valence-electron chi connectivity index (χ1n) is 6.12. The molecule has 0 amide bonds. The van der Waals surface area contributed by atoms with E-state index in [4.69, 9.17) is 0 Å². The van der Waals surface area contributed by atoms with E-state index in [-0.39, 0.29) is 0 Å². The average Bonchev–Trinajstić information content (AvgIpc) is 2.84. The Bertz CT molecular complexity index is 884. The van der Waals surface area contributed by atoms with Crippen molar-refractivity contribution in [2.24, 2.45) is 0 Å². The fourth-order valence-corrected chi connectivity index (χ4v) is 3.57. The maximum atomic E-state index is 2.32. The van der Waals surface area contributed by atoms with E-state index in [0.29, 0.717) is 0 Å².